The van der Waals surface area contributed by atoms with Gasteiger partial charge in [0, 0.05) is 17.0 Å². The Kier molecular flexibility index (Phi) is 5.65. The first kappa shape index (κ1) is 19.4. The molecule has 0 spiro atoms. The molecule has 0 aliphatic carbocycles. The van der Waals surface area contributed by atoms with Gasteiger partial charge in [-0.2, -0.15) is 10.1 Å². The predicted molar refractivity (Wildman–Crippen MR) is 101 cm³/mol. The molecule has 0 unspecified atom stereocenters. The number of carbonyl (C=O) groups excluding carboxylic acids is 2. The van der Waals surface area contributed by atoms with Gasteiger partial charge in [-0.15, -0.1) is 10.2 Å². The van der Waals surface area contributed by atoms with Gasteiger partial charge in [-0.05, 0) is 29.8 Å². The van der Waals surface area contributed by atoms with E-state index < -0.39 is 5.97 Å². The molecule has 2 aromatic heterocycles. The lowest BCUT2D eigenvalue weighted by molar-refractivity contribution is -0.141. The Bertz CT molecular complexity index is 1100. The number of aromatic amines is 1. The summed E-state index contributed by atoms with van der Waals surface area (Å²) in [6.07, 6.45) is 0. The zero-order valence-corrected chi connectivity index (χ0v) is 16.6. The van der Waals surface area contributed by atoms with Gasteiger partial charge < -0.3 is 9.72 Å². The molecule has 0 fully saturated rings. The summed E-state index contributed by atoms with van der Waals surface area (Å²) in [6, 6.07) is 8.96. The molecule has 28 heavy (non-hydrogen) atoms. The fraction of sp³-hybridized carbons (Fsp3) is 0.222. The maximum atomic E-state index is 13.0. The van der Waals surface area contributed by atoms with E-state index in [2.05, 4.69) is 36.3 Å². The van der Waals surface area contributed by atoms with Crippen molar-refractivity contribution in [2.75, 3.05) is 6.61 Å². The number of aromatic nitrogens is 5. The molecule has 0 radical (unpaired) electrons. The summed E-state index contributed by atoms with van der Waals surface area (Å²) in [5, 5.41) is 21.6. The molecular formula is C18H15BrN6O3. The molecule has 142 valence electrons. The summed E-state index contributed by atoms with van der Waals surface area (Å²) < 4.78 is 5.61. The molecule has 3 rings (SSSR count). The van der Waals surface area contributed by atoms with Crippen LogP contribution in [0.15, 0.2) is 28.7 Å². The molecule has 0 saturated carbocycles. The Morgan fingerprint density at radius 3 is 2.86 bits per heavy atom. The Labute approximate surface area is 168 Å². The van der Waals surface area contributed by atoms with Crippen molar-refractivity contribution >= 4 is 27.7 Å². The predicted octanol–water partition coefficient (Wildman–Crippen LogP) is 2.40. The molecule has 0 bridgehead atoms. The second kappa shape index (κ2) is 8.14. The van der Waals surface area contributed by atoms with Crippen LogP contribution in [0.1, 0.15) is 34.1 Å². The Hall–Kier alpha value is -3.32. The summed E-state index contributed by atoms with van der Waals surface area (Å²) in [6.45, 7) is 3.39. The van der Waals surface area contributed by atoms with E-state index in [1.54, 1.807) is 25.1 Å². The number of carbonyl (C=O) groups is 2. The van der Waals surface area contributed by atoms with E-state index >= 15 is 0 Å². The summed E-state index contributed by atoms with van der Waals surface area (Å²) in [4.78, 5) is 28.0. The maximum Gasteiger partial charge on any atom is 0.302 e. The van der Waals surface area contributed by atoms with Gasteiger partial charge >= 0.3 is 5.97 Å². The SMILES string of the molecule is CC(=O)OCCn1nnc(-c2[nH]c(C#N)c(C(=O)c3cccc(Br)c3)c2C)n1. The van der Waals surface area contributed by atoms with Crippen LogP contribution in [0.4, 0.5) is 0 Å². The molecule has 1 N–H and O–H groups in total. The van der Waals surface area contributed by atoms with Gasteiger partial charge in [0.25, 0.3) is 0 Å². The Morgan fingerprint density at radius 2 is 2.18 bits per heavy atom. The van der Waals surface area contributed by atoms with Crippen molar-refractivity contribution in [2.45, 2.75) is 20.4 Å². The van der Waals surface area contributed by atoms with Crippen LogP contribution in [0.5, 0.6) is 0 Å². The van der Waals surface area contributed by atoms with Crippen LogP contribution in [0.25, 0.3) is 11.5 Å². The van der Waals surface area contributed by atoms with Crippen molar-refractivity contribution < 1.29 is 14.3 Å². The monoisotopic (exact) mass is 442 g/mol. The number of hydrogen-bond acceptors (Lipinski definition) is 7. The first-order valence-corrected chi connectivity index (χ1v) is 9.04. The third kappa shape index (κ3) is 3.99. The van der Waals surface area contributed by atoms with Crippen LogP contribution < -0.4 is 0 Å². The second-order valence-corrected chi connectivity index (χ2v) is 6.79. The van der Waals surface area contributed by atoms with Gasteiger partial charge in [0.1, 0.15) is 18.4 Å². The van der Waals surface area contributed by atoms with E-state index in [0.29, 0.717) is 16.8 Å². The highest BCUT2D eigenvalue weighted by Gasteiger charge is 2.24. The number of nitriles is 1. The quantitative estimate of drug-likeness (QED) is 0.458. The number of ether oxygens (including phenoxy) is 1. The highest BCUT2D eigenvalue weighted by Crippen LogP contribution is 2.27. The fourth-order valence-electron chi connectivity index (χ4n) is 2.67. The van der Waals surface area contributed by atoms with Crippen molar-refractivity contribution in [1.82, 2.24) is 25.2 Å². The average molecular weight is 443 g/mol. The highest BCUT2D eigenvalue weighted by atomic mass is 79.9. The lowest BCUT2D eigenvalue weighted by atomic mass is 9.99. The van der Waals surface area contributed by atoms with Gasteiger partial charge in [0.15, 0.2) is 5.78 Å². The first-order chi connectivity index (χ1) is 13.4. The van der Waals surface area contributed by atoms with Crippen LogP contribution >= 0.6 is 15.9 Å². The largest absolute Gasteiger partial charge is 0.464 e. The van der Waals surface area contributed by atoms with Crippen LogP contribution in [-0.4, -0.2) is 43.6 Å². The zero-order chi connectivity index (χ0) is 20.3. The summed E-state index contributed by atoms with van der Waals surface area (Å²) >= 11 is 3.34. The number of halogens is 1. The van der Waals surface area contributed by atoms with Gasteiger partial charge in [-0.25, -0.2) is 0 Å². The number of tetrazole rings is 1. The average Bonchev–Trinajstić information content (AvgIpc) is 3.25. The first-order valence-electron chi connectivity index (χ1n) is 8.25. The van der Waals surface area contributed by atoms with E-state index in [9.17, 15) is 14.9 Å². The molecular weight excluding hydrogens is 428 g/mol. The van der Waals surface area contributed by atoms with Crippen molar-refractivity contribution in [3.05, 3.63) is 51.1 Å². The van der Waals surface area contributed by atoms with E-state index in [0.717, 1.165) is 4.47 Å². The number of nitrogens with one attached hydrogen (secondary N) is 1. The molecule has 1 aromatic carbocycles. The van der Waals surface area contributed by atoms with Crippen LogP contribution in [-0.2, 0) is 16.1 Å². The highest BCUT2D eigenvalue weighted by molar-refractivity contribution is 9.10. The molecule has 9 nitrogen and oxygen atoms in total. The van der Waals surface area contributed by atoms with Gasteiger partial charge in [0.2, 0.25) is 5.82 Å². The maximum absolute atomic E-state index is 13.0. The third-order valence-electron chi connectivity index (χ3n) is 3.95. The molecule has 10 heteroatoms. The van der Waals surface area contributed by atoms with Crippen LogP contribution in [0.2, 0.25) is 0 Å². The normalized spacial score (nSPS) is 10.5. The number of rotatable bonds is 6. The van der Waals surface area contributed by atoms with E-state index in [-0.39, 0.29) is 36.0 Å². The number of H-pyrrole nitrogens is 1. The topological polar surface area (TPSA) is 127 Å². The molecule has 0 saturated heterocycles. The van der Waals surface area contributed by atoms with E-state index in [1.807, 2.05) is 12.1 Å². The molecule has 0 aliphatic heterocycles. The summed E-state index contributed by atoms with van der Waals surface area (Å²) in [7, 11) is 0. The van der Waals surface area contributed by atoms with Crippen molar-refractivity contribution in [2.24, 2.45) is 0 Å². The van der Waals surface area contributed by atoms with Gasteiger partial charge in [-0.3, -0.25) is 9.59 Å². The van der Waals surface area contributed by atoms with Crippen molar-refractivity contribution in [3.8, 4) is 17.6 Å². The zero-order valence-electron chi connectivity index (χ0n) is 15.1. The number of hydrogen-bond donors (Lipinski definition) is 1. The van der Waals surface area contributed by atoms with Crippen molar-refractivity contribution in [3.63, 3.8) is 0 Å². The number of esters is 1. The lowest BCUT2D eigenvalue weighted by Gasteiger charge is -2.02. The molecule has 0 amide bonds. The van der Waals surface area contributed by atoms with Crippen LogP contribution in [0, 0.1) is 18.3 Å². The summed E-state index contributed by atoms with van der Waals surface area (Å²) in [5.74, 6) is -0.430. The molecule has 3 aromatic rings. The second-order valence-electron chi connectivity index (χ2n) is 5.88. The lowest BCUT2D eigenvalue weighted by Crippen LogP contribution is -2.11. The minimum absolute atomic E-state index is 0.116. The molecule has 2 heterocycles. The van der Waals surface area contributed by atoms with Crippen LogP contribution in [0.3, 0.4) is 0 Å². The summed E-state index contributed by atoms with van der Waals surface area (Å²) in [5.41, 5.74) is 1.85. The Morgan fingerprint density at radius 1 is 1.39 bits per heavy atom. The fourth-order valence-corrected chi connectivity index (χ4v) is 3.07. The minimum atomic E-state index is -0.394. The van der Waals surface area contributed by atoms with E-state index in [1.165, 1.54) is 11.7 Å². The smallest absolute Gasteiger partial charge is 0.302 e. The van der Waals surface area contributed by atoms with E-state index in [4.69, 9.17) is 4.74 Å². The van der Waals surface area contributed by atoms with Gasteiger partial charge in [-0.1, -0.05) is 28.1 Å². The molecule has 0 aliphatic rings. The minimum Gasteiger partial charge on any atom is -0.464 e. The number of benzene rings is 1. The molecule has 0 atom stereocenters. The third-order valence-corrected chi connectivity index (χ3v) is 4.44. The standard InChI is InChI=1S/C18H15BrN6O3/c1-10-15(17(27)12-4-3-5-13(19)8-12)14(9-20)21-16(10)18-22-24-25(23-18)6-7-28-11(2)26/h3-5,8,21H,6-7H2,1-2H3. The number of ketones is 1. The van der Waals surface area contributed by atoms with Crippen molar-refractivity contribution in [1.29, 1.82) is 5.26 Å². The number of nitrogens with zero attached hydrogens (tertiary/aromatic N) is 5. The van der Waals surface area contributed by atoms with Gasteiger partial charge in [0.05, 0.1) is 17.8 Å². The Balaban J connectivity index is 1.93.